The van der Waals surface area contributed by atoms with Crippen molar-refractivity contribution in [2.24, 2.45) is 7.05 Å². The molecule has 0 atom stereocenters. The molecule has 1 aromatic rings. The number of halogens is 1. The second kappa shape index (κ2) is 5.12. The maximum absolute atomic E-state index is 4.35. The third-order valence-electron chi connectivity index (χ3n) is 2.98. The number of hydrogen-bond donors (Lipinski definition) is 0. The van der Waals surface area contributed by atoms with E-state index in [0.717, 1.165) is 30.9 Å². The van der Waals surface area contributed by atoms with Crippen molar-refractivity contribution in [2.45, 2.75) is 25.3 Å². The van der Waals surface area contributed by atoms with Crippen LogP contribution in [0.5, 0.6) is 0 Å². The van der Waals surface area contributed by atoms with Crippen LogP contribution in [0.25, 0.3) is 0 Å². The van der Waals surface area contributed by atoms with E-state index in [2.05, 4.69) is 37.4 Å². The number of aromatic nitrogens is 2. The molecule has 0 bridgehead atoms. The summed E-state index contributed by atoms with van der Waals surface area (Å²) in [7, 11) is 2.06. The lowest BCUT2D eigenvalue weighted by atomic mass is 10.3. The maximum Gasteiger partial charge on any atom is 0.109 e. The average Bonchev–Trinajstić information content (AvgIpc) is 2.98. The predicted molar refractivity (Wildman–Crippen MR) is 65.3 cm³/mol. The van der Waals surface area contributed by atoms with E-state index in [9.17, 15) is 0 Å². The Balaban J connectivity index is 1.82. The number of nitrogens with zero attached hydrogens (tertiary/aromatic N) is 3. The monoisotopic (exact) mass is 271 g/mol. The molecule has 1 aliphatic carbocycles. The summed E-state index contributed by atoms with van der Waals surface area (Å²) in [5.74, 6) is 1.19. The zero-order valence-electron chi connectivity index (χ0n) is 9.19. The summed E-state index contributed by atoms with van der Waals surface area (Å²) in [4.78, 5) is 6.93. The van der Waals surface area contributed by atoms with Crippen molar-refractivity contribution in [1.82, 2.24) is 14.5 Å². The summed E-state index contributed by atoms with van der Waals surface area (Å²) in [6.07, 6.45) is 7.72. The second-order valence-corrected chi connectivity index (χ2v) is 4.95. The van der Waals surface area contributed by atoms with E-state index in [1.807, 2.05) is 12.4 Å². The topological polar surface area (TPSA) is 21.1 Å². The Labute approximate surface area is 99.6 Å². The van der Waals surface area contributed by atoms with Crippen LogP contribution in [-0.4, -0.2) is 38.9 Å². The first-order chi connectivity index (χ1) is 7.31. The Morgan fingerprint density at radius 1 is 1.53 bits per heavy atom. The average molecular weight is 272 g/mol. The van der Waals surface area contributed by atoms with Crippen molar-refractivity contribution >= 4 is 15.9 Å². The van der Waals surface area contributed by atoms with Gasteiger partial charge in [-0.1, -0.05) is 15.9 Å². The van der Waals surface area contributed by atoms with E-state index < -0.39 is 0 Å². The zero-order valence-corrected chi connectivity index (χ0v) is 10.8. The highest BCUT2D eigenvalue weighted by Gasteiger charge is 2.28. The van der Waals surface area contributed by atoms with E-state index in [1.165, 1.54) is 18.7 Å². The van der Waals surface area contributed by atoms with E-state index >= 15 is 0 Å². The van der Waals surface area contributed by atoms with Crippen molar-refractivity contribution in [2.75, 3.05) is 18.4 Å². The molecule has 0 aliphatic heterocycles. The third kappa shape index (κ3) is 3.05. The van der Waals surface area contributed by atoms with Crippen molar-refractivity contribution < 1.29 is 0 Å². The molecule has 2 rings (SSSR count). The maximum atomic E-state index is 4.35. The molecular weight excluding hydrogens is 254 g/mol. The van der Waals surface area contributed by atoms with Crippen LogP contribution in [0.15, 0.2) is 12.4 Å². The van der Waals surface area contributed by atoms with Crippen LogP contribution in [0, 0.1) is 0 Å². The van der Waals surface area contributed by atoms with Gasteiger partial charge in [-0.15, -0.1) is 0 Å². The molecule has 1 saturated carbocycles. The van der Waals surface area contributed by atoms with Gasteiger partial charge in [-0.25, -0.2) is 4.98 Å². The minimum atomic E-state index is 0.850. The lowest BCUT2D eigenvalue weighted by Crippen LogP contribution is -2.30. The molecule has 84 valence electrons. The van der Waals surface area contributed by atoms with Gasteiger partial charge in [-0.2, -0.15) is 0 Å². The summed E-state index contributed by atoms with van der Waals surface area (Å²) in [5, 5.41) is 1.07. The van der Waals surface area contributed by atoms with Gasteiger partial charge in [0.2, 0.25) is 0 Å². The first-order valence-corrected chi connectivity index (χ1v) is 6.69. The quantitative estimate of drug-likeness (QED) is 0.737. The molecule has 1 aromatic heterocycles. The first kappa shape index (κ1) is 11.1. The molecule has 3 nitrogen and oxygen atoms in total. The highest BCUT2D eigenvalue weighted by atomic mass is 79.9. The van der Waals surface area contributed by atoms with Crippen LogP contribution >= 0.6 is 15.9 Å². The fourth-order valence-corrected chi connectivity index (χ4v) is 2.36. The summed E-state index contributed by atoms with van der Waals surface area (Å²) in [6.45, 7) is 2.30. The van der Waals surface area contributed by atoms with E-state index in [4.69, 9.17) is 0 Å². The Hall–Kier alpha value is -0.350. The van der Waals surface area contributed by atoms with E-state index in [-0.39, 0.29) is 0 Å². The number of rotatable bonds is 6. The minimum Gasteiger partial charge on any atom is -0.338 e. The molecular formula is C11H18BrN3. The first-order valence-electron chi connectivity index (χ1n) is 5.57. The smallest absolute Gasteiger partial charge is 0.109 e. The summed E-state index contributed by atoms with van der Waals surface area (Å²) >= 11 is 3.52. The molecule has 15 heavy (non-hydrogen) atoms. The predicted octanol–water partition coefficient (Wildman–Crippen LogP) is 1.82. The number of imidazole rings is 1. The fraction of sp³-hybridized carbons (Fsp3) is 0.727. The molecule has 0 amide bonds. The van der Waals surface area contributed by atoms with Gasteiger partial charge < -0.3 is 4.57 Å². The fourth-order valence-electron chi connectivity index (χ4n) is 1.91. The molecule has 0 radical (unpaired) electrons. The largest absolute Gasteiger partial charge is 0.338 e. The SMILES string of the molecule is Cn1ccnc1CCN(CCBr)C1CC1. The second-order valence-electron chi connectivity index (χ2n) is 4.16. The zero-order chi connectivity index (χ0) is 10.7. The van der Waals surface area contributed by atoms with Gasteiger partial charge in [0.1, 0.15) is 5.82 Å². The van der Waals surface area contributed by atoms with Crippen LogP contribution in [0.2, 0.25) is 0 Å². The molecule has 1 fully saturated rings. The van der Waals surface area contributed by atoms with Gasteiger partial charge in [-0.05, 0) is 12.8 Å². The van der Waals surface area contributed by atoms with Gasteiger partial charge in [0, 0.05) is 50.3 Å². The summed E-state index contributed by atoms with van der Waals surface area (Å²) < 4.78 is 2.11. The molecule has 0 N–H and O–H groups in total. The Kier molecular flexibility index (Phi) is 3.81. The minimum absolute atomic E-state index is 0.850. The lowest BCUT2D eigenvalue weighted by molar-refractivity contribution is 0.282. The van der Waals surface area contributed by atoms with Crippen molar-refractivity contribution in [3.8, 4) is 0 Å². The molecule has 4 heteroatoms. The molecule has 1 aliphatic rings. The Morgan fingerprint density at radius 3 is 2.87 bits per heavy atom. The number of aryl methyl sites for hydroxylation is 1. The molecule has 0 aromatic carbocycles. The van der Waals surface area contributed by atoms with Crippen LogP contribution in [0.1, 0.15) is 18.7 Å². The van der Waals surface area contributed by atoms with Crippen molar-refractivity contribution in [3.05, 3.63) is 18.2 Å². The van der Waals surface area contributed by atoms with E-state index in [1.54, 1.807) is 0 Å². The molecule has 0 unspecified atom stereocenters. The van der Waals surface area contributed by atoms with E-state index in [0.29, 0.717) is 0 Å². The van der Waals surface area contributed by atoms with Gasteiger partial charge in [0.25, 0.3) is 0 Å². The van der Waals surface area contributed by atoms with Crippen molar-refractivity contribution in [3.63, 3.8) is 0 Å². The molecule has 1 heterocycles. The third-order valence-corrected chi connectivity index (χ3v) is 3.33. The summed E-state index contributed by atoms with van der Waals surface area (Å²) in [6, 6.07) is 0.850. The molecule has 0 spiro atoms. The summed E-state index contributed by atoms with van der Waals surface area (Å²) in [5.41, 5.74) is 0. The van der Waals surface area contributed by atoms with Crippen LogP contribution in [0.4, 0.5) is 0 Å². The Bertz CT molecular complexity index is 307. The van der Waals surface area contributed by atoms with Gasteiger partial charge >= 0.3 is 0 Å². The normalized spacial score (nSPS) is 16.2. The van der Waals surface area contributed by atoms with Gasteiger partial charge in [-0.3, -0.25) is 4.90 Å². The van der Waals surface area contributed by atoms with Crippen LogP contribution < -0.4 is 0 Å². The highest BCUT2D eigenvalue weighted by Crippen LogP contribution is 2.26. The van der Waals surface area contributed by atoms with Gasteiger partial charge in [0.05, 0.1) is 0 Å². The van der Waals surface area contributed by atoms with Crippen LogP contribution in [0.3, 0.4) is 0 Å². The number of alkyl halides is 1. The van der Waals surface area contributed by atoms with Crippen LogP contribution in [-0.2, 0) is 13.5 Å². The molecule has 0 saturated heterocycles. The standard InChI is InChI=1S/C11H18BrN3/c1-14-9-6-13-11(14)4-7-15(8-5-12)10-2-3-10/h6,9-10H,2-5,7-8H2,1H3. The highest BCUT2D eigenvalue weighted by molar-refractivity contribution is 9.09. The lowest BCUT2D eigenvalue weighted by Gasteiger charge is -2.20. The van der Waals surface area contributed by atoms with Gasteiger partial charge in [0.15, 0.2) is 0 Å². The van der Waals surface area contributed by atoms with Crippen molar-refractivity contribution in [1.29, 1.82) is 0 Å². The number of hydrogen-bond acceptors (Lipinski definition) is 2. The Morgan fingerprint density at radius 2 is 2.33 bits per heavy atom.